The number of benzene rings is 2. The molecule has 2 aromatic rings. The van der Waals surface area contributed by atoms with E-state index in [-0.39, 0.29) is 6.04 Å². The van der Waals surface area contributed by atoms with Crippen LogP contribution in [0, 0.1) is 6.92 Å². The molecule has 1 aliphatic rings. The van der Waals surface area contributed by atoms with Gasteiger partial charge in [-0.2, -0.15) is 0 Å². The van der Waals surface area contributed by atoms with E-state index in [0.717, 1.165) is 4.47 Å². The highest BCUT2D eigenvalue weighted by Gasteiger charge is 2.16. The van der Waals surface area contributed by atoms with E-state index in [2.05, 4.69) is 59.3 Å². The Balaban J connectivity index is 1.98. The average Bonchev–Trinajstić information content (AvgIpc) is 2.49. The van der Waals surface area contributed by atoms with Crippen molar-refractivity contribution in [3.05, 3.63) is 68.7 Å². The molecule has 0 amide bonds. The predicted molar refractivity (Wildman–Crippen MR) is 88.0 cm³/mol. The Morgan fingerprint density at radius 3 is 2.60 bits per heavy atom. The molecule has 20 heavy (non-hydrogen) atoms. The second-order valence-electron chi connectivity index (χ2n) is 5.69. The first-order chi connectivity index (χ1) is 9.66. The number of hydrogen-bond donors (Lipinski definition) is 1. The van der Waals surface area contributed by atoms with Crippen molar-refractivity contribution in [2.24, 2.45) is 5.73 Å². The molecule has 3 rings (SSSR count). The summed E-state index contributed by atoms with van der Waals surface area (Å²) in [5, 5.41) is 0. The fourth-order valence-corrected chi connectivity index (χ4v) is 3.55. The van der Waals surface area contributed by atoms with E-state index in [9.17, 15) is 0 Å². The van der Waals surface area contributed by atoms with Gasteiger partial charge in [-0.25, -0.2) is 0 Å². The van der Waals surface area contributed by atoms with Crippen molar-refractivity contribution in [1.29, 1.82) is 0 Å². The van der Waals surface area contributed by atoms with Crippen molar-refractivity contribution in [1.82, 2.24) is 0 Å². The van der Waals surface area contributed by atoms with Gasteiger partial charge in [-0.1, -0.05) is 52.3 Å². The van der Waals surface area contributed by atoms with Crippen LogP contribution in [0.15, 0.2) is 40.9 Å². The summed E-state index contributed by atoms with van der Waals surface area (Å²) in [6, 6.07) is 13.0. The highest BCUT2D eigenvalue weighted by atomic mass is 79.9. The standard InChI is InChI=1S/C18H20BrN/c1-12-5-4-8-16(17(12)19)18(20)15-10-9-13-6-2-3-7-14(13)11-15/h4-5,8-11,18H,2-3,6-7,20H2,1H3. The zero-order valence-electron chi connectivity index (χ0n) is 11.8. The monoisotopic (exact) mass is 329 g/mol. The molecular weight excluding hydrogens is 310 g/mol. The van der Waals surface area contributed by atoms with Gasteiger partial charge in [-0.15, -0.1) is 0 Å². The van der Waals surface area contributed by atoms with Crippen LogP contribution in [0.4, 0.5) is 0 Å². The topological polar surface area (TPSA) is 26.0 Å². The van der Waals surface area contributed by atoms with Crippen molar-refractivity contribution in [3.8, 4) is 0 Å². The van der Waals surface area contributed by atoms with E-state index in [1.807, 2.05) is 0 Å². The van der Waals surface area contributed by atoms with Crippen LogP contribution in [-0.4, -0.2) is 0 Å². The number of halogens is 1. The molecular formula is C18H20BrN. The minimum Gasteiger partial charge on any atom is -0.320 e. The molecule has 0 radical (unpaired) electrons. The molecule has 0 saturated carbocycles. The van der Waals surface area contributed by atoms with Crippen molar-refractivity contribution in [2.45, 2.75) is 38.6 Å². The number of aryl methyl sites for hydroxylation is 3. The second-order valence-corrected chi connectivity index (χ2v) is 6.48. The Bertz CT molecular complexity index is 633. The lowest BCUT2D eigenvalue weighted by molar-refractivity contribution is 0.682. The van der Waals surface area contributed by atoms with Crippen LogP contribution in [0.3, 0.4) is 0 Å². The van der Waals surface area contributed by atoms with Crippen LogP contribution >= 0.6 is 15.9 Å². The maximum Gasteiger partial charge on any atom is 0.0563 e. The highest BCUT2D eigenvalue weighted by Crippen LogP contribution is 2.31. The summed E-state index contributed by atoms with van der Waals surface area (Å²) in [6.07, 6.45) is 5.05. The van der Waals surface area contributed by atoms with Gasteiger partial charge in [0.05, 0.1) is 6.04 Å². The van der Waals surface area contributed by atoms with E-state index in [1.54, 1.807) is 0 Å². The molecule has 1 nitrogen and oxygen atoms in total. The van der Waals surface area contributed by atoms with Gasteiger partial charge in [0.2, 0.25) is 0 Å². The molecule has 1 aliphatic carbocycles. The Morgan fingerprint density at radius 1 is 1.05 bits per heavy atom. The Hall–Kier alpha value is -1.12. The third-order valence-corrected chi connectivity index (χ3v) is 5.37. The van der Waals surface area contributed by atoms with Crippen molar-refractivity contribution in [2.75, 3.05) is 0 Å². The molecule has 2 N–H and O–H groups in total. The third-order valence-electron chi connectivity index (χ3n) is 4.29. The highest BCUT2D eigenvalue weighted by molar-refractivity contribution is 9.10. The first-order valence-electron chi connectivity index (χ1n) is 7.29. The molecule has 1 atom stereocenters. The smallest absolute Gasteiger partial charge is 0.0563 e. The van der Waals surface area contributed by atoms with Crippen LogP contribution in [0.5, 0.6) is 0 Å². The zero-order chi connectivity index (χ0) is 14.1. The molecule has 0 aromatic heterocycles. The van der Waals surface area contributed by atoms with Gasteiger partial charge in [-0.3, -0.25) is 0 Å². The Morgan fingerprint density at radius 2 is 1.80 bits per heavy atom. The molecule has 0 aliphatic heterocycles. The van der Waals surface area contributed by atoms with Crippen molar-refractivity contribution in [3.63, 3.8) is 0 Å². The summed E-state index contributed by atoms with van der Waals surface area (Å²) >= 11 is 3.67. The van der Waals surface area contributed by atoms with Crippen LogP contribution in [0.25, 0.3) is 0 Å². The maximum absolute atomic E-state index is 6.49. The van der Waals surface area contributed by atoms with E-state index in [1.165, 1.54) is 53.5 Å². The third kappa shape index (κ3) is 2.55. The van der Waals surface area contributed by atoms with Gasteiger partial charge in [0, 0.05) is 4.47 Å². The van der Waals surface area contributed by atoms with Gasteiger partial charge in [0.1, 0.15) is 0 Å². The number of fused-ring (bicyclic) bond motifs is 1. The zero-order valence-corrected chi connectivity index (χ0v) is 13.4. The lowest BCUT2D eigenvalue weighted by Crippen LogP contribution is -2.14. The molecule has 2 aromatic carbocycles. The summed E-state index contributed by atoms with van der Waals surface area (Å²) in [4.78, 5) is 0. The van der Waals surface area contributed by atoms with Gasteiger partial charge >= 0.3 is 0 Å². The minimum absolute atomic E-state index is 0.0588. The molecule has 104 valence electrons. The average molecular weight is 330 g/mol. The second kappa shape index (κ2) is 5.71. The fraction of sp³-hybridized carbons (Fsp3) is 0.333. The molecule has 0 spiro atoms. The summed E-state index contributed by atoms with van der Waals surface area (Å²) < 4.78 is 1.13. The molecule has 0 saturated heterocycles. The molecule has 0 bridgehead atoms. The summed E-state index contributed by atoms with van der Waals surface area (Å²) in [5.74, 6) is 0. The van der Waals surface area contributed by atoms with E-state index in [0.29, 0.717) is 0 Å². The van der Waals surface area contributed by atoms with E-state index >= 15 is 0 Å². The molecule has 0 heterocycles. The fourth-order valence-electron chi connectivity index (χ4n) is 3.04. The SMILES string of the molecule is Cc1cccc(C(N)c2ccc3c(c2)CCCC3)c1Br. The predicted octanol–water partition coefficient (Wildman–Crippen LogP) is 4.68. The van der Waals surface area contributed by atoms with Gasteiger partial charge in [0.15, 0.2) is 0 Å². The van der Waals surface area contributed by atoms with Crippen LogP contribution in [0.1, 0.15) is 46.7 Å². The summed E-state index contributed by atoms with van der Waals surface area (Å²) in [5.41, 5.74) is 13.1. The number of rotatable bonds is 2. The summed E-state index contributed by atoms with van der Waals surface area (Å²) in [6.45, 7) is 2.10. The van der Waals surface area contributed by atoms with Crippen LogP contribution in [0.2, 0.25) is 0 Å². The van der Waals surface area contributed by atoms with Gasteiger partial charge in [-0.05, 0) is 60.4 Å². The lowest BCUT2D eigenvalue weighted by Gasteiger charge is -2.20. The van der Waals surface area contributed by atoms with E-state index < -0.39 is 0 Å². The lowest BCUT2D eigenvalue weighted by atomic mass is 9.88. The normalized spacial score (nSPS) is 15.8. The first-order valence-corrected chi connectivity index (χ1v) is 8.08. The Labute approximate surface area is 129 Å². The van der Waals surface area contributed by atoms with E-state index in [4.69, 9.17) is 5.73 Å². The van der Waals surface area contributed by atoms with Gasteiger partial charge in [0.25, 0.3) is 0 Å². The minimum atomic E-state index is -0.0588. The molecule has 2 heteroatoms. The van der Waals surface area contributed by atoms with Crippen LogP contribution in [-0.2, 0) is 12.8 Å². The van der Waals surface area contributed by atoms with Crippen molar-refractivity contribution >= 4 is 15.9 Å². The van der Waals surface area contributed by atoms with Gasteiger partial charge < -0.3 is 5.73 Å². The number of hydrogen-bond acceptors (Lipinski definition) is 1. The number of nitrogens with two attached hydrogens (primary N) is 1. The largest absolute Gasteiger partial charge is 0.320 e. The molecule has 0 fully saturated rings. The quantitative estimate of drug-likeness (QED) is 0.850. The maximum atomic E-state index is 6.49. The molecule has 1 unspecified atom stereocenters. The van der Waals surface area contributed by atoms with Crippen molar-refractivity contribution < 1.29 is 0 Å². The Kier molecular flexibility index (Phi) is 3.95. The van der Waals surface area contributed by atoms with Crippen LogP contribution < -0.4 is 5.73 Å². The summed E-state index contributed by atoms with van der Waals surface area (Å²) in [7, 11) is 0. The first kappa shape index (κ1) is 13.8.